The van der Waals surface area contributed by atoms with E-state index >= 15 is 0 Å². The van der Waals surface area contributed by atoms with Crippen molar-refractivity contribution in [2.24, 2.45) is 28.9 Å². The van der Waals surface area contributed by atoms with Crippen molar-refractivity contribution in [3.05, 3.63) is 0 Å². The standard InChI is InChI=1S/C8H13N/c9-4-8-2-1-6(8)5-3-7(5)8/h5-7H,1-4,9H2/t5?,6?,7?,8-/m1/s1. The molecule has 3 fully saturated rings. The molecule has 0 aliphatic heterocycles. The summed E-state index contributed by atoms with van der Waals surface area (Å²) >= 11 is 0. The van der Waals surface area contributed by atoms with E-state index in [-0.39, 0.29) is 0 Å². The second kappa shape index (κ2) is 1.07. The van der Waals surface area contributed by atoms with E-state index in [1.54, 1.807) is 0 Å². The molecule has 1 nitrogen and oxygen atoms in total. The Morgan fingerprint density at radius 3 is 2.67 bits per heavy atom. The first-order chi connectivity index (χ1) is 4.38. The van der Waals surface area contributed by atoms with Crippen molar-refractivity contribution < 1.29 is 0 Å². The molecule has 0 aromatic heterocycles. The lowest BCUT2D eigenvalue weighted by Gasteiger charge is -2.57. The number of hydrogen-bond donors (Lipinski definition) is 1. The summed E-state index contributed by atoms with van der Waals surface area (Å²) in [5.41, 5.74) is 6.44. The number of nitrogens with two attached hydrogens (primary N) is 1. The van der Waals surface area contributed by atoms with Crippen LogP contribution < -0.4 is 5.73 Å². The van der Waals surface area contributed by atoms with Gasteiger partial charge >= 0.3 is 0 Å². The summed E-state index contributed by atoms with van der Waals surface area (Å²) in [5, 5.41) is 0. The third-order valence-electron chi connectivity index (χ3n) is 4.13. The fraction of sp³-hybridized carbons (Fsp3) is 1.00. The molecule has 0 spiro atoms. The van der Waals surface area contributed by atoms with Crippen LogP contribution in [0.5, 0.6) is 0 Å². The van der Waals surface area contributed by atoms with Gasteiger partial charge in [-0.1, -0.05) is 0 Å². The number of fused-ring (bicyclic) bond motifs is 4. The highest BCUT2D eigenvalue weighted by molar-refractivity contribution is 5.22. The van der Waals surface area contributed by atoms with Crippen LogP contribution in [0.3, 0.4) is 0 Å². The number of rotatable bonds is 1. The van der Waals surface area contributed by atoms with Gasteiger partial charge in [0, 0.05) is 0 Å². The smallest absolute Gasteiger partial charge is 0.00150 e. The van der Waals surface area contributed by atoms with Gasteiger partial charge < -0.3 is 5.73 Å². The largest absolute Gasteiger partial charge is 0.330 e. The van der Waals surface area contributed by atoms with Crippen LogP contribution in [0, 0.1) is 23.2 Å². The summed E-state index contributed by atoms with van der Waals surface area (Å²) in [6.07, 6.45) is 4.48. The van der Waals surface area contributed by atoms with Crippen LogP contribution in [-0.4, -0.2) is 6.54 Å². The molecular weight excluding hydrogens is 110 g/mol. The van der Waals surface area contributed by atoms with Crippen LogP contribution in [0.15, 0.2) is 0 Å². The van der Waals surface area contributed by atoms with Crippen molar-refractivity contribution in [1.82, 2.24) is 0 Å². The Balaban J connectivity index is 1.93. The topological polar surface area (TPSA) is 26.0 Å². The van der Waals surface area contributed by atoms with E-state index in [0.29, 0.717) is 5.41 Å². The van der Waals surface area contributed by atoms with Gasteiger partial charge in [-0.15, -0.1) is 0 Å². The van der Waals surface area contributed by atoms with Gasteiger partial charge in [-0.2, -0.15) is 0 Å². The SMILES string of the molecule is NC[C@]12CCC1C1CC12. The average Bonchev–Trinajstić information content (AvgIpc) is 2.46. The van der Waals surface area contributed by atoms with Crippen LogP contribution in [0.1, 0.15) is 19.3 Å². The summed E-state index contributed by atoms with van der Waals surface area (Å²) in [6.45, 7) is 0.985. The van der Waals surface area contributed by atoms with Gasteiger partial charge in [0.25, 0.3) is 0 Å². The van der Waals surface area contributed by atoms with E-state index in [1.165, 1.54) is 19.3 Å². The first-order valence-electron chi connectivity index (χ1n) is 4.08. The highest BCUT2D eigenvalue weighted by Gasteiger charge is 2.73. The summed E-state index contributed by atoms with van der Waals surface area (Å²) in [4.78, 5) is 0. The summed E-state index contributed by atoms with van der Waals surface area (Å²) in [6, 6.07) is 0. The molecule has 3 rings (SSSR count). The van der Waals surface area contributed by atoms with Crippen LogP contribution in [0.2, 0.25) is 0 Å². The predicted octanol–water partition coefficient (Wildman–Crippen LogP) is 0.991. The van der Waals surface area contributed by atoms with E-state index < -0.39 is 0 Å². The normalized spacial score (nSPS) is 67.0. The van der Waals surface area contributed by atoms with Crippen LogP contribution >= 0.6 is 0 Å². The van der Waals surface area contributed by atoms with Gasteiger partial charge in [-0.05, 0) is 49.0 Å². The molecule has 3 saturated carbocycles. The van der Waals surface area contributed by atoms with E-state index in [2.05, 4.69) is 0 Å². The van der Waals surface area contributed by atoms with Gasteiger partial charge in [0.2, 0.25) is 0 Å². The van der Waals surface area contributed by atoms with Gasteiger partial charge in [-0.25, -0.2) is 0 Å². The Morgan fingerprint density at radius 2 is 2.33 bits per heavy atom. The zero-order valence-corrected chi connectivity index (χ0v) is 5.64. The predicted molar refractivity (Wildman–Crippen MR) is 35.8 cm³/mol. The molecule has 3 unspecified atom stereocenters. The molecule has 3 aliphatic rings. The fourth-order valence-corrected chi connectivity index (χ4v) is 3.39. The molecule has 0 aromatic rings. The first kappa shape index (κ1) is 4.73. The molecule has 0 saturated heterocycles. The van der Waals surface area contributed by atoms with Crippen molar-refractivity contribution >= 4 is 0 Å². The maximum absolute atomic E-state index is 5.73. The quantitative estimate of drug-likeness (QED) is 0.553. The Bertz CT molecular complexity index is 162. The van der Waals surface area contributed by atoms with E-state index in [0.717, 1.165) is 24.3 Å². The van der Waals surface area contributed by atoms with Crippen molar-refractivity contribution in [2.45, 2.75) is 19.3 Å². The van der Waals surface area contributed by atoms with Crippen LogP contribution in [-0.2, 0) is 0 Å². The van der Waals surface area contributed by atoms with Crippen molar-refractivity contribution in [3.8, 4) is 0 Å². The van der Waals surface area contributed by atoms with Crippen molar-refractivity contribution in [3.63, 3.8) is 0 Å². The number of hydrogen-bond acceptors (Lipinski definition) is 1. The zero-order chi connectivity index (χ0) is 6.06. The highest BCUT2D eigenvalue weighted by atomic mass is 14.8. The molecule has 0 radical (unpaired) electrons. The molecule has 1 heteroatoms. The van der Waals surface area contributed by atoms with Gasteiger partial charge in [-0.3, -0.25) is 0 Å². The van der Waals surface area contributed by atoms with Gasteiger partial charge in [0.15, 0.2) is 0 Å². The highest BCUT2D eigenvalue weighted by Crippen LogP contribution is 2.79. The molecule has 4 atom stereocenters. The van der Waals surface area contributed by atoms with Gasteiger partial charge in [0.05, 0.1) is 0 Å². The maximum Gasteiger partial charge on any atom is -0.00150 e. The minimum absolute atomic E-state index is 0.713. The lowest BCUT2D eigenvalue weighted by molar-refractivity contribution is -0.0803. The molecule has 2 N–H and O–H groups in total. The average molecular weight is 123 g/mol. The lowest BCUT2D eigenvalue weighted by Crippen LogP contribution is -2.56. The van der Waals surface area contributed by atoms with E-state index in [1.807, 2.05) is 0 Å². The van der Waals surface area contributed by atoms with E-state index in [9.17, 15) is 0 Å². The second-order valence-corrected chi connectivity index (χ2v) is 4.09. The van der Waals surface area contributed by atoms with Crippen molar-refractivity contribution in [1.29, 1.82) is 0 Å². The molecule has 0 amide bonds. The van der Waals surface area contributed by atoms with Crippen LogP contribution in [0.25, 0.3) is 0 Å². The minimum Gasteiger partial charge on any atom is -0.330 e. The monoisotopic (exact) mass is 123 g/mol. The molecule has 9 heavy (non-hydrogen) atoms. The Labute approximate surface area is 55.6 Å². The first-order valence-corrected chi connectivity index (χ1v) is 4.08. The zero-order valence-electron chi connectivity index (χ0n) is 5.64. The summed E-state index contributed by atoms with van der Waals surface area (Å²) in [5.74, 6) is 3.34. The molecule has 0 aromatic carbocycles. The third-order valence-corrected chi connectivity index (χ3v) is 4.13. The second-order valence-electron chi connectivity index (χ2n) is 4.09. The maximum atomic E-state index is 5.73. The molecular formula is C8H13N. The van der Waals surface area contributed by atoms with Crippen LogP contribution in [0.4, 0.5) is 0 Å². The Hall–Kier alpha value is -0.0400. The Morgan fingerprint density at radius 1 is 1.44 bits per heavy atom. The fourth-order valence-electron chi connectivity index (χ4n) is 3.39. The van der Waals surface area contributed by atoms with Gasteiger partial charge in [0.1, 0.15) is 0 Å². The minimum atomic E-state index is 0.713. The summed E-state index contributed by atoms with van der Waals surface area (Å²) in [7, 11) is 0. The molecule has 50 valence electrons. The lowest BCUT2D eigenvalue weighted by atomic mass is 9.48. The van der Waals surface area contributed by atoms with E-state index in [4.69, 9.17) is 5.73 Å². The third kappa shape index (κ3) is 0.295. The molecule has 0 heterocycles. The summed E-state index contributed by atoms with van der Waals surface area (Å²) < 4.78 is 0. The van der Waals surface area contributed by atoms with Crippen molar-refractivity contribution in [2.75, 3.05) is 6.54 Å². The Kier molecular flexibility index (Phi) is 0.563. The molecule has 0 bridgehead atoms. The molecule has 3 aliphatic carbocycles.